The molecular weight excluding hydrogens is 332 g/mol. The van der Waals surface area contributed by atoms with Gasteiger partial charge in [-0.15, -0.1) is 0 Å². The maximum absolute atomic E-state index is 12.0. The van der Waals surface area contributed by atoms with Gasteiger partial charge in [-0.1, -0.05) is 0 Å². The number of aliphatic carboxylic acids is 1. The number of hydrogen-bond donors (Lipinski definition) is 4. The highest BCUT2D eigenvalue weighted by atomic mass is 16.6. The minimum absolute atomic E-state index is 0.0759. The SMILES string of the molecule is [2H]C([2H])([2H])N1C(=O)CC[C@H]1c1ccc[n+]([C@@H]2OC(C(=O)O)[C@@H](O)[C@@H](O)C2O)c1. The van der Waals surface area contributed by atoms with Crippen LogP contribution in [-0.2, 0) is 14.3 Å². The predicted molar refractivity (Wildman–Crippen MR) is 80.9 cm³/mol. The third kappa shape index (κ3) is 3.11. The van der Waals surface area contributed by atoms with Crippen molar-refractivity contribution in [1.82, 2.24) is 4.90 Å². The van der Waals surface area contributed by atoms with E-state index < -0.39 is 55.5 Å². The highest BCUT2D eigenvalue weighted by Crippen LogP contribution is 2.31. The lowest BCUT2D eigenvalue weighted by molar-refractivity contribution is -0.777. The van der Waals surface area contributed by atoms with Gasteiger partial charge in [0.2, 0.25) is 5.91 Å². The number of aliphatic hydroxyl groups excluding tert-OH is 3. The third-order valence-corrected chi connectivity index (χ3v) is 4.57. The molecule has 0 aliphatic carbocycles. The zero-order chi connectivity index (χ0) is 20.8. The number of ether oxygens (including phenoxy) is 1. The molecule has 6 atom stereocenters. The van der Waals surface area contributed by atoms with Crippen molar-refractivity contribution in [1.29, 1.82) is 0 Å². The van der Waals surface area contributed by atoms with Crippen molar-refractivity contribution in [3.8, 4) is 0 Å². The number of carbonyl (C=O) groups is 2. The molecule has 1 aromatic heterocycles. The molecule has 0 saturated carbocycles. The molecule has 2 aliphatic heterocycles. The Morgan fingerprint density at radius 3 is 2.80 bits per heavy atom. The normalized spacial score (nSPS) is 38.1. The largest absolute Gasteiger partial charge is 0.479 e. The molecule has 9 nitrogen and oxygen atoms in total. The summed E-state index contributed by atoms with van der Waals surface area (Å²) in [5, 5.41) is 39.2. The van der Waals surface area contributed by atoms with Crippen LogP contribution in [0.15, 0.2) is 24.5 Å². The van der Waals surface area contributed by atoms with Crippen molar-refractivity contribution in [3.63, 3.8) is 0 Å². The lowest BCUT2D eigenvalue weighted by Crippen LogP contribution is -2.63. The molecule has 0 bridgehead atoms. The van der Waals surface area contributed by atoms with Crippen LogP contribution in [-0.4, -0.2) is 68.6 Å². The minimum atomic E-state index is -2.62. The molecule has 4 N–H and O–H groups in total. The van der Waals surface area contributed by atoms with E-state index in [-0.39, 0.29) is 12.8 Å². The summed E-state index contributed by atoms with van der Waals surface area (Å²) >= 11 is 0. The zero-order valence-corrected chi connectivity index (χ0v) is 13.1. The van der Waals surface area contributed by atoms with Crippen molar-refractivity contribution < 1.29 is 43.4 Å². The van der Waals surface area contributed by atoms with Gasteiger partial charge in [0.05, 0.1) is 6.04 Å². The quantitative estimate of drug-likeness (QED) is 0.476. The number of carboxylic acids is 1. The van der Waals surface area contributed by atoms with Gasteiger partial charge in [0.1, 0.15) is 12.2 Å². The lowest BCUT2D eigenvalue weighted by atomic mass is 9.97. The second-order valence-corrected chi connectivity index (χ2v) is 6.16. The van der Waals surface area contributed by atoms with E-state index >= 15 is 0 Å². The fourth-order valence-corrected chi connectivity index (χ4v) is 3.18. The van der Waals surface area contributed by atoms with Crippen LogP contribution in [0.1, 0.15) is 34.8 Å². The molecule has 2 unspecified atom stereocenters. The van der Waals surface area contributed by atoms with Crippen molar-refractivity contribution in [2.75, 3.05) is 6.98 Å². The van der Waals surface area contributed by atoms with Gasteiger partial charge in [0, 0.05) is 29.1 Å². The standard InChI is InChI=1S/C16H20N2O7/c1-17-9(4-5-10(17)19)8-3-2-6-18(7-8)15-13(22)11(20)12(21)14(25-15)16(23)24/h2-3,6-7,9,11-15,20-22H,4-5H2,1H3/p+1/t9-,11+,12-,13?,14?,15+/m0/s1/i1D3. The van der Waals surface area contributed by atoms with Crippen LogP contribution in [0.3, 0.4) is 0 Å². The molecule has 3 heterocycles. The van der Waals surface area contributed by atoms with Gasteiger partial charge >= 0.3 is 5.97 Å². The van der Waals surface area contributed by atoms with E-state index in [9.17, 15) is 24.9 Å². The van der Waals surface area contributed by atoms with Gasteiger partial charge in [-0.3, -0.25) is 4.79 Å². The first-order valence-electron chi connectivity index (χ1n) is 9.27. The van der Waals surface area contributed by atoms with Gasteiger partial charge in [0.15, 0.2) is 24.6 Å². The van der Waals surface area contributed by atoms with E-state index in [0.29, 0.717) is 5.56 Å². The van der Waals surface area contributed by atoms with E-state index in [1.807, 2.05) is 0 Å². The van der Waals surface area contributed by atoms with Crippen molar-refractivity contribution >= 4 is 11.9 Å². The van der Waals surface area contributed by atoms with Crippen molar-refractivity contribution in [3.05, 3.63) is 30.1 Å². The Kier molecular flexibility index (Phi) is 3.78. The van der Waals surface area contributed by atoms with Crippen LogP contribution < -0.4 is 4.57 Å². The van der Waals surface area contributed by atoms with E-state index in [2.05, 4.69) is 0 Å². The van der Waals surface area contributed by atoms with Crippen LogP contribution in [0.25, 0.3) is 0 Å². The number of pyridine rings is 1. The van der Waals surface area contributed by atoms with E-state index in [0.717, 1.165) is 4.90 Å². The van der Waals surface area contributed by atoms with Gasteiger partial charge in [-0.2, -0.15) is 4.57 Å². The summed E-state index contributed by atoms with van der Waals surface area (Å²) in [6, 6.07) is 2.41. The molecule has 3 rings (SSSR count). The van der Waals surface area contributed by atoms with Crippen molar-refractivity contribution in [2.24, 2.45) is 0 Å². The van der Waals surface area contributed by atoms with Crippen LogP contribution in [0.2, 0.25) is 0 Å². The summed E-state index contributed by atoms with van der Waals surface area (Å²) < 4.78 is 29.3. The van der Waals surface area contributed by atoms with E-state index in [4.69, 9.17) is 14.0 Å². The highest BCUT2D eigenvalue weighted by Gasteiger charge is 2.51. The Bertz CT molecular complexity index is 775. The summed E-state index contributed by atoms with van der Waals surface area (Å²) in [6.45, 7) is -2.62. The average Bonchev–Trinajstić information content (AvgIpc) is 3.01. The summed E-state index contributed by atoms with van der Waals surface area (Å²) in [4.78, 5) is 24.1. The number of aliphatic hydroxyl groups is 3. The molecule has 0 spiro atoms. The monoisotopic (exact) mass is 356 g/mol. The molecular formula is C16H21N2O7+. The number of likely N-dealkylation sites (tertiary alicyclic amines) is 1. The first kappa shape index (κ1) is 14.1. The lowest BCUT2D eigenvalue weighted by Gasteiger charge is -2.35. The van der Waals surface area contributed by atoms with Gasteiger partial charge in [0.25, 0.3) is 6.23 Å². The van der Waals surface area contributed by atoms with E-state index in [1.54, 1.807) is 6.07 Å². The second-order valence-electron chi connectivity index (χ2n) is 6.16. The number of carbonyl (C=O) groups excluding carboxylic acids is 1. The Balaban J connectivity index is 1.93. The topological polar surface area (TPSA) is 131 Å². The molecule has 2 fully saturated rings. The number of hydrogen-bond acceptors (Lipinski definition) is 6. The molecule has 9 heteroatoms. The average molecular weight is 356 g/mol. The number of amides is 1. The van der Waals surface area contributed by atoms with Gasteiger partial charge in [-0.05, 0) is 12.5 Å². The molecule has 25 heavy (non-hydrogen) atoms. The smallest absolute Gasteiger partial charge is 0.335 e. The number of nitrogens with zero attached hydrogens (tertiary/aromatic N) is 2. The Hall–Kier alpha value is -2.07. The first-order chi connectivity index (χ1) is 13.0. The van der Waals surface area contributed by atoms with Gasteiger partial charge in [-0.25, -0.2) is 4.79 Å². The maximum atomic E-state index is 12.0. The summed E-state index contributed by atoms with van der Waals surface area (Å²) in [5.74, 6) is -2.01. The number of aromatic nitrogens is 1. The van der Waals surface area contributed by atoms with Crippen LogP contribution in [0.4, 0.5) is 0 Å². The minimum Gasteiger partial charge on any atom is -0.479 e. The third-order valence-electron chi connectivity index (χ3n) is 4.57. The first-order valence-corrected chi connectivity index (χ1v) is 7.77. The Morgan fingerprint density at radius 2 is 2.12 bits per heavy atom. The van der Waals surface area contributed by atoms with Crippen LogP contribution >= 0.6 is 0 Å². The second kappa shape index (κ2) is 6.68. The molecule has 2 saturated heterocycles. The Morgan fingerprint density at radius 1 is 1.36 bits per heavy atom. The summed E-state index contributed by atoms with van der Waals surface area (Å²) in [5.41, 5.74) is 0.452. The molecule has 2 aliphatic rings. The highest BCUT2D eigenvalue weighted by molar-refractivity contribution is 5.78. The zero-order valence-electron chi connectivity index (χ0n) is 16.1. The molecule has 0 aromatic carbocycles. The number of rotatable bonds is 3. The molecule has 136 valence electrons. The van der Waals surface area contributed by atoms with Crippen LogP contribution in [0, 0.1) is 0 Å². The maximum Gasteiger partial charge on any atom is 0.335 e. The number of carboxylic acid groups (broad SMARTS) is 1. The van der Waals surface area contributed by atoms with Gasteiger partial charge < -0.3 is 30.1 Å². The Labute approximate surface area is 147 Å². The van der Waals surface area contributed by atoms with E-state index in [1.165, 1.54) is 23.0 Å². The van der Waals surface area contributed by atoms with Crippen LogP contribution in [0.5, 0.6) is 0 Å². The summed E-state index contributed by atoms with van der Waals surface area (Å²) in [6.07, 6.45) is -5.06. The molecule has 1 amide bonds. The predicted octanol–water partition coefficient (Wildman–Crippen LogP) is -1.67. The molecule has 0 radical (unpaired) electrons. The molecule has 1 aromatic rings. The van der Waals surface area contributed by atoms with Crippen molar-refractivity contribution in [2.45, 2.75) is 49.5 Å². The summed E-state index contributed by atoms with van der Waals surface area (Å²) in [7, 11) is 0. The fourth-order valence-electron chi connectivity index (χ4n) is 3.18. The fraction of sp³-hybridized carbons (Fsp3) is 0.562.